The van der Waals surface area contributed by atoms with Gasteiger partial charge in [-0.2, -0.15) is 0 Å². The van der Waals surface area contributed by atoms with Crippen LogP contribution >= 0.6 is 0 Å². The van der Waals surface area contributed by atoms with Gasteiger partial charge in [0.05, 0.1) is 5.60 Å². The molecule has 0 saturated carbocycles. The molecule has 10 heavy (non-hydrogen) atoms. The van der Waals surface area contributed by atoms with Crippen LogP contribution in [0.5, 0.6) is 0 Å². The molecule has 0 bridgehead atoms. The molecule has 0 amide bonds. The SMILES string of the molecule is CCC(CC)C(C)(C)O[Si]. The van der Waals surface area contributed by atoms with Gasteiger partial charge in [0, 0.05) is 0 Å². The van der Waals surface area contributed by atoms with Crippen molar-refractivity contribution in [1.82, 2.24) is 0 Å². The van der Waals surface area contributed by atoms with Crippen molar-refractivity contribution in [2.45, 2.75) is 46.1 Å². The Morgan fingerprint density at radius 3 is 1.80 bits per heavy atom. The maximum Gasteiger partial charge on any atom is 0.246 e. The minimum atomic E-state index is -0.0274. The van der Waals surface area contributed by atoms with E-state index in [0.29, 0.717) is 5.92 Å². The number of hydrogen-bond donors (Lipinski definition) is 0. The fourth-order valence-corrected chi connectivity index (χ4v) is 1.52. The van der Waals surface area contributed by atoms with Crippen LogP contribution in [0.25, 0.3) is 0 Å². The molecule has 0 aromatic heterocycles. The van der Waals surface area contributed by atoms with Crippen LogP contribution in [0, 0.1) is 5.92 Å². The number of hydrogen-bond acceptors (Lipinski definition) is 1. The minimum Gasteiger partial charge on any atom is -0.413 e. The summed E-state index contributed by atoms with van der Waals surface area (Å²) in [4.78, 5) is 0. The molecule has 0 aromatic rings. The van der Waals surface area contributed by atoms with Crippen LogP contribution in [0.4, 0.5) is 0 Å². The van der Waals surface area contributed by atoms with Gasteiger partial charge < -0.3 is 4.43 Å². The maximum absolute atomic E-state index is 5.19. The molecule has 0 aliphatic rings. The molecule has 1 nitrogen and oxygen atoms in total. The third-order valence-electron chi connectivity index (χ3n) is 2.23. The van der Waals surface area contributed by atoms with Crippen molar-refractivity contribution in [3.8, 4) is 0 Å². The molecule has 0 heterocycles. The summed E-state index contributed by atoms with van der Waals surface area (Å²) in [7, 11) is 3.10. The smallest absolute Gasteiger partial charge is 0.246 e. The molecule has 0 atom stereocenters. The van der Waals surface area contributed by atoms with Crippen LogP contribution in [-0.4, -0.2) is 16.1 Å². The molecule has 0 aliphatic carbocycles. The second-order valence-electron chi connectivity index (χ2n) is 3.22. The van der Waals surface area contributed by atoms with Crippen molar-refractivity contribution in [3.05, 3.63) is 0 Å². The Labute approximate surface area is 67.7 Å². The van der Waals surface area contributed by atoms with E-state index in [-0.39, 0.29) is 5.60 Å². The van der Waals surface area contributed by atoms with E-state index in [4.69, 9.17) is 4.43 Å². The highest BCUT2D eigenvalue weighted by Gasteiger charge is 2.25. The average molecular weight is 157 g/mol. The van der Waals surface area contributed by atoms with E-state index in [0.717, 1.165) is 0 Å². The van der Waals surface area contributed by atoms with E-state index < -0.39 is 0 Å². The molecule has 0 aliphatic heterocycles. The topological polar surface area (TPSA) is 9.23 Å². The zero-order valence-electron chi connectivity index (χ0n) is 7.40. The highest BCUT2D eigenvalue weighted by atomic mass is 28.2. The summed E-state index contributed by atoms with van der Waals surface area (Å²) in [6.45, 7) is 8.61. The van der Waals surface area contributed by atoms with Gasteiger partial charge in [0.25, 0.3) is 0 Å². The first kappa shape index (κ1) is 10.2. The predicted molar refractivity (Wildman–Crippen MR) is 45.0 cm³/mol. The van der Waals surface area contributed by atoms with Crippen LogP contribution in [0.2, 0.25) is 0 Å². The minimum absolute atomic E-state index is 0.0274. The molecule has 0 saturated heterocycles. The van der Waals surface area contributed by atoms with E-state index in [9.17, 15) is 0 Å². The van der Waals surface area contributed by atoms with Crippen LogP contribution in [0.3, 0.4) is 0 Å². The Balaban J connectivity index is 3.97. The lowest BCUT2D eigenvalue weighted by molar-refractivity contribution is 0.0487. The molecule has 0 spiro atoms. The molecule has 2 heteroatoms. The zero-order chi connectivity index (χ0) is 8.20. The van der Waals surface area contributed by atoms with Crippen LogP contribution in [0.1, 0.15) is 40.5 Å². The van der Waals surface area contributed by atoms with Gasteiger partial charge in [0.1, 0.15) is 0 Å². The Hall–Kier alpha value is 0.177. The van der Waals surface area contributed by atoms with Crippen molar-refractivity contribution in [1.29, 1.82) is 0 Å². The second-order valence-corrected chi connectivity index (χ2v) is 3.42. The molecule has 0 fully saturated rings. The molecular formula is C8H17OSi. The highest BCUT2D eigenvalue weighted by Crippen LogP contribution is 2.25. The molecule has 0 N–H and O–H groups in total. The van der Waals surface area contributed by atoms with Gasteiger partial charge in [-0.15, -0.1) is 0 Å². The van der Waals surface area contributed by atoms with Crippen LogP contribution in [0.15, 0.2) is 0 Å². The van der Waals surface area contributed by atoms with Gasteiger partial charge >= 0.3 is 0 Å². The molecular weight excluding hydrogens is 140 g/mol. The van der Waals surface area contributed by atoms with E-state index in [1.165, 1.54) is 12.8 Å². The lowest BCUT2D eigenvalue weighted by Crippen LogP contribution is -2.32. The summed E-state index contributed by atoms with van der Waals surface area (Å²) in [5, 5.41) is 0. The Kier molecular flexibility index (Phi) is 4.21. The van der Waals surface area contributed by atoms with E-state index in [1.807, 2.05) is 0 Å². The monoisotopic (exact) mass is 157 g/mol. The Morgan fingerprint density at radius 1 is 1.30 bits per heavy atom. The quantitative estimate of drug-likeness (QED) is 0.569. The fraction of sp³-hybridized carbons (Fsp3) is 1.00. The van der Waals surface area contributed by atoms with Crippen molar-refractivity contribution < 1.29 is 4.43 Å². The first-order valence-electron chi connectivity index (χ1n) is 3.93. The standard InChI is InChI=1S/C8H17OSi/c1-5-7(6-2)8(3,4)9-10/h7H,5-6H2,1-4H3. The summed E-state index contributed by atoms with van der Waals surface area (Å²) in [5.74, 6) is 0.644. The summed E-state index contributed by atoms with van der Waals surface area (Å²) in [5.41, 5.74) is -0.0274. The maximum atomic E-state index is 5.19. The molecule has 0 aromatic carbocycles. The lowest BCUT2D eigenvalue weighted by atomic mass is 9.87. The van der Waals surface area contributed by atoms with Gasteiger partial charge in [-0.05, 0) is 19.8 Å². The van der Waals surface area contributed by atoms with Gasteiger partial charge in [-0.1, -0.05) is 26.7 Å². The average Bonchev–Trinajstić information content (AvgIpc) is 1.90. The summed E-state index contributed by atoms with van der Waals surface area (Å²) in [6.07, 6.45) is 2.35. The normalized spacial score (nSPS) is 12.6. The van der Waals surface area contributed by atoms with Gasteiger partial charge in [0.15, 0.2) is 0 Å². The van der Waals surface area contributed by atoms with Crippen LogP contribution < -0.4 is 0 Å². The van der Waals surface area contributed by atoms with E-state index in [1.54, 1.807) is 0 Å². The first-order chi connectivity index (χ1) is 4.58. The molecule has 59 valence electrons. The second kappa shape index (κ2) is 4.14. The van der Waals surface area contributed by atoms with Crippen molar-refractivity contribution >= 4 is 10.5 Å². The van der Waals surface area contributed by atoms with Crippen molar-refractivity contribution in [2.75, 3.05) is 0 Å². The van der Waals surface area contributed by atoms with Crippen molar-refractivity contribution in [2.24, 2.45) is 5.92 Å². The highest BCUT2D eigenvalue weighted by molar-refractivity contribution is 5.98. The molecule has 0 unspecified atom stereocenters. The van der Waals surface area contributed by atoms with Crippen LogP contribution in [-0.2, 0) is 4.43 Å². The third-order valence-corrected chi connectivity index (χ3v) is 2.76. The predicted octanol–water partition coefficient (Wildman–Crippen LogP) is 2.30. The summed E-state index contributed by atoms with van der Waals surface area (Å²) in [6, 6.07) is 0. The first-order valence-corrected chi connectivity index (χ1v) is 4.34. The summed E-state index contributed by atoms with van der Waals surface area (Å²) < 4.78 is 5.19. The third kappa shape index (κ3) is 2.43. The number of rotatable bonds is 4. The summed E-state index contributed by atoms with van der Waals surface area (Å²) >= 11 is 0. The molecule has 0 rings (SSSR count). The van der Waals surface area contributed by atoms with E-state index >= 15 is 0 Å². The van der Waals surface area contributed by atoms with Crippen molar-refractivity contribution in [3.63, 3.8) is 0 Å². The Morgan fingerprint density at radius 2 is 1.70 bits per heavy atom. The molecule has 3 radical (unpaired) electrons. The van der Waals surface area contributed by atoms with Gasteiger partial charge in [-0.3, -0.25) is 0 Å². The Bertz CT molecular complexity index is 87.3. The fourth-order valence-electron chi connectivity index (χ4n) is 1.36. The lowest BCUT2D eigenvalue weighted by Gasteiger charge is -2.31. The zero-order valence-corrected chi connectivity index (χ0v) is 8.40. The van der Waals surface area contributed by atoms with E-state index in [2.05, 4.69) is 38.2 Å². The van der Waals surface area contributed by atoms with Gasteiger partial charge in [-0.25, -0.2) is 0 Å². The van der Waals surface area contributed by atoms with Gasteiger partial charge in [0.2, 0.25) is 10.5 Å². The largest absolute Gasteiger partial charge is 0.413 e.